The summed E-state index contributed by atoms with van der Waals surface area (Å²) in [5.74, 6) is 0.878. The van der Waals surface area contributed by atoms with E-state index in [1.54, 1.807) is 20.5 Å². The van der Waals surface area contributed by atoms with Crippen LogP contribution in [0.2, 0.25) is 0 Å². The highest BCUT2D eigenvalue weighted by atomic mass is 16.5. The summed E-state index contributed by atoms with van der Waals surface area (Å²) in [6.07, 6.45) is 3.66. The van der Waals surface area contributed by atoms with Crippen LogP contribution in [-0.4, -0.2) is 57.9 Å². The van der Waals surface area contributed by atoms with Crippen LogP contribution in [0.5, 0.6) is 11.5 Å². The number of ether oxygens (including phenoxy) is 2. The van der Waals surface area contributed by atoms with Crippen molar-refractivity contribution in [2.75, 3.05) is 27.3 Å². The fraction of sp³-hybridized carbons (Fsp3) is 0.320. The molecule has 0 atom stereocenters. The largest absolute Gasteiger partial charge is 0.496 e. The summed E-state index contributed by atoms with van der Waals surface area (Å²) in [4.78, 5) is 19.6. The van der Waals surface area contributed by atoms with E-state index in [0.717, 1.165) is 33.5 Å². The summed E-state index contributed by atoms with van der Waals surface area (Å²) in [5, 5.41) is 7.11. The van der Waals surface area contributed by atoms with Crippen molar-refractivity contribution >= 4 is 16.9 Å². The molecule has 0 radical (unpaired) electrons. The number of rotatable bonds is 5. The van der Waals surface area contributed by atoms with Gasteiger partial charge in [-0.3, -0.25) is 14.5 Å². The average molecular weight is 446 g/mol. The lowest BCUT2D eigenvalue weighted by Crippen LogP contribution is -2.55. The third-order valence-electron chi connectivity index (χ3n) is 6.20. The van der Waals surface area contributed by atoms with Gasteiger partial charge in [0.1, 0.15) is 23.4 Å². The van der Waals surface area contributed by atoms with Gasteiger partial charge in [-0.15, -0.1) is 0 Å². The number of aromatic nitrogens is 4. The Morgan fingerprint density at radius 3 is 2.36 bits per heavy atom. The molecule has 4 aromatic rings. The van der Waals surface area contributed by atoms with E-state index >= 15 is 0 Å². The number of aryl methyl sites for hydroxylation is 1. The molecule has 8 nitrogen and oxygen atoms in total. The average Bonchev–Trinajstić information content (AvgIpc) is 3.41. The van der Waals surface area contributed by atoms with Gasteiger partial charge in [-0.05, 0) is 30.0 Å². The molecule has 8 heteroatoms. The number of fused-ring (bicyclic) bond motifs is 1. The molecule has 2 aromatic carbocycles. The minimum absolute atomic E-state index is 0.0785. The topological polar surface area (TPSA) is 85.3 Å². The Balaban J connectivity index is 1.55. The fourth-order valence-corrected chi connectivity index (χ4v) is 4.57. The van der Waals surface area contributed by atoms with Crippen LogP contribution in [-0.2, 0) is 0 Å². The van der Waals surface area contributed by atoms with Crippen molar-refractivity contribution in [3.63, 3.8) is 0 Å². The van der Waals surface area contributed by atoms with Crippen LogP contribution < -0.4 is 9.47 Å². The number of amides is 1. The Morgan fingerprint density at radius 1 is 1.09 bits per heavy atom. The zero-order chi connectivity index (χ0) is 23.3. The second-order valence-electron chi connectivity index (χ2n) is 9.25. The first-order valence-electron chi connectivity index (χ1n) is 10.8. The smallest absolute Gasteiger partial charge is 0.261 e. The maximum atomic E-state index is 13.2. The first-order valence-corrected chi connectivity index (χ1v) is 10.8. The van der Waals surface area contributed by atoms with E-state index < -0.39 is 0 Å². The minimum atomic E-state index is -0.0785. The Labute approximate surface area is 192 Å². The van der Waals surface area contributed by atoms with Gasteiger partial charge in [-0.1, -0.05) is 19.9 Å². The predicted molar refractivity (Wildman–Crippen MR) is 126 cm³/mol. The van der Waals surface area contributed by atoms with Crippen molar-refractivity contribution < 1.29 is 14.3 Å². The molecule has 170 valence electrons. The summed E-state index contributed by atoms with van der Waals surface area (Å²) in [5.41, 5.74) is 6.22. The molecule has 1 aliphatic rings. The van der Waals surface area contributed by atoms with Crippen LogP contribution in [0, 0.1) is 12.3 Å². The van der Waals surface area contributed by atoms with Crippen molar-refractivity contribution in [2.24, 2.45) is 5.41 Å². The summed E-state index contributed by atoms with van der Waals surface area (Å²) in [6.45, 7) is 7.70. The minimum Gasteiger partial charge on any atom is -0.496 e. The third kappa shape index (κ3) is 3.51. The number of carbonyl (C=O) groups is 1. The van der Waals surface area contributed by atoms with Crippen LogP contribution >= 0.6 is 0 Å². The predicted octanol–water partition coefficient (Wildman–Crippen LogP) is 4.22. The fourth-order valence-electron chi connectivity index (χ4n) is 4.57. The first kappa shape index (κ1) is 21.1. The lowest BCUT2D eigenvalue weighted by Gasteiger charge is -2.46. The molecule has 1 amide bonds. The van der Waals surface area contributed by atoms with Gasteiger partial charge >= 0.3 is 0 Å². The second kappa shape index (κ2) is 7.65. The Bertz CT molecular complexity index is 1330. The van der Waals surface area contributed by atoms with Crippen molar-refractivity contribution in [2.45, 2.75) is 20.8 Å². The van der Waals surface area contributed by atoms with Gasteiger partial charge < -0.3 is 14.4 Å². The van der Waals surface area contributed by atoms with Gasteiger partial charge in [0, 0.05) is 37.0 Å². The van der Waals surface area contributed by atoms with Crippen molar-refractivity contribution in [3.05, 3.63) is 54.1 Å². The highest BCUT2D eigenvalue weighted by Gasteiger charge is 2.39. The number of likely N-dealkylation sites (tertiary alicyclic amines) is 1. The molecular weight excluding hydrogens is 418 g/mol. The maximum Gasteiger partial charge on any atom is 0.261 e. The second-order valence-corrected chi connectivity index (χ2v) is 9.25. The molecule has 33 heavy (non-hydrogen) atoms. The normalized spacial score (nSPS) is 14.9. The molecule has 1 aliphatic heterocycles. The number of imidazole rings is 1. The molecule has 0 spiro atoms. The van der Waals surface area contributed by atoms with Crippen molar-refractivity contribution in [1.29, 1.82) is 0 Å². The molecule has 1 fully saturated rings. The molecule has 0 aliphatic carbocycles. The third-order valence-corrected chi connectivity index (χ3v) is 6.20. The van der Waals surface area contributed by atoms with Crippen molar-refractivity contribution in [1.82, 2.24) is 24.6 Å². The van der Waals surface area contributed by atoms with Crippen LogP contribution in [0.4, 0.5) is 0 Å². The Kier molecular flexibility index (Phi) is 4.88. The number of nitrogens with one attached hydrogen (secondary N) is 1. The molecule has 0 unspecified atom stereocenters. The van der Waals surface area contributed by atoms with Crippen LogP contribution in [0.25, 0.3) is 27.8 Å². The van der Waals surface area contributed by atoms with E-state index in [1.165, 1.54) is 0 Å². The van der Waals surface area contributed by atoms with E-state index in [9.17, 15) is 4.79 Å². The summed E-state index contributed by atoms with van der Waals surface area (Å²) in [7, 11) is 3.14. The van der Waals surface area contributed by atoms with Gasteiger partial charge in [-0.25, -0.2) is 4.98 Å². The first-order chi connectivity index (χ1) is 15.8. The summed E-state index contributed by atoms with van der Waals surface area (Å²) < 4.78 is 13.2. The zero-order valence-electron chi connectivity index (χ0n) is 19.5. The number of nitrogens with zero attached hydrogens (tertiary/aromatic N) is 4. The van der Waals surface area contributed by atoms with Gasteiger partial charge in [-0.2, -0.15) is 5.10 Å². The number of methoxy groups -OCH3 is 2. The number of hydrogen-bond acceptors (Lipinski definition) is 5. The number of carbonyl (C=O) groups excluding carboxylic acids is 1. The van der Waals surface area contributed by atoms with Gasteiger partial charge in [0.2, 0.25) is 0 Å². The van der Waals surface area contributed by atoms with E-state index in [-0.39, 0.29) is 11.3 Å². The lowest BCUT2D eigenvalue weighted by atomic mass is 9.84. The van der Waals surface area contributed by atoms with Crippen LogP contribution in [0.15, 0.2) is 42.9 Å². The zero-order valence-corrected chi connectivity index (χ0v) is 19.5. The monoisotopic (exact) mass is 445 g/mol. The van der Waals surface area contributed by atoms with Crippen molar-refractivity contribution in [3.8, 4) is 28.3 Å². The Morgan fingerprint density at radius 2 is 1.79 bits per heavy atom. The lowest BCUT2D eigenvalue weighted by molar-refractivity contribution is 0.0230. The quantitative estimate of drug-likeness (QED) is 0.497. The summed E-state index contributed by atoms with van der Waals surface area (Å²) >= 11 is 0. The van der Waals surface area contributed by atoms with E-state index in [2.05, 4.69) is 35.1 Å². The number of aromatic amines is 1. The summed E-state index contributed by atoms with van der Waals surface area (Å²) in [6, 6.07) is 9.84. The molecule has 2 aromatic heterocycles. The molecule has 1 N–H and O–H groups in total. The molecule has 0 bridgehead atoms. The van der Waals surface area contributed by atoms with E-state index in [0.29, 0.717) is 30.2 Å². The highest BCUT2D eigenvalue weighted by molar-refractivity contribution is 6.01. The van der Waals surface area contributed by atoms with E-state index in [1.807, 2.05) is 46.9 Å². The molecule has 3 heterocycles. The SMILES string of the molecule is COc1cc(-n2cnc3cc(-c4c[nH]nc4C)ccc32)cc(OC)c1C(=O)N1CC(C)(C)C1. The van der Waals surface area contributed by atoms with Crippen LogP contribution in [0.3, 0.4) is 0 Å². The molecule has 5 rings (SSSR count). The molecule has 1 saturated heterocycles. The molecular formula is C25H27N5O3. The van der Waals surface area contributed by atoms with E-state index in [4.69, 9.17) is 9.47 Å². The maximum absolute atomic E-state index is 13.2. The Hall–Kier alpha value is -3.81. The number of benzene rings is 2. The van der Waals surface area contributed by atoms with Gasteiger partial charge in [0.05, 0.1) is 36.6 Å². The number of hydrogen-bond donors (Lipinski definition) is 1. The number of H-pyrrole nitrogens is 1. The standard InChI is InChI=1S/C25H27N5O3/c1-15-18(11-27-28-15)16-6-7-20-19(8-16)26-14-30(20)17-9-21(32-4)23(22(10-17)33-5)24(31)29-12-25(2,3)13-29/h6-11,14H,12-13H2,1-5H3,(H,27,28). The van der Waals surface area contributed by atoms with Crippen LogP contribution in [0.1, 0.15) is 29.9 Å². The van der Waals surface area contributed by atoms with Gasteiger partial charge in [0.25, 0.3) is 5.91 Å². The van der Waals surface area contributed by atoms with Gasteiger partial charge in [0.15, 0.2) is 0 Å². The highest BCUT2D eigenvalue weighted by Crippen LogP contribution is 2.38. The molecule has 0 saturated carbocycles.